The molecular weight excluding hydrogens is 152 g/mol. The molecule has 1 atom stereocenters. The van der Waals surface area contributed by atoms with Crippen molar-refractivity contribution in [1.82, 2.24) is 0 Å². The Morgan fingerprint density at radius 1 is 1.42 bits per heavy atom. The highest BCUT2D eigenvalue weighted by Gasteiger charge is 2.24. The number of benzene rings is 1. The molecule has 12 heavy (non-hydrogen) atoms. The van der Waals surface area contributed by atoms with Crippen LogP contribution in [0, 0.1) is 0 Å². The Bertz CT molecular complexity index is 272. The maximum Gasteiger partial charge on any atom is 0.223 e. The zero-order valence-corrected chi connectivity index (χ0v) is 6.69. The van der Waals surface area contributed by atoms with Crippen LogP contribution < -0.4 is 4.74 Å². The van der Waals surface area contributed by atoms with E-state index in [4.69, 9.17) is 9.47 Å². The van der Waals surface area contributed by atoms with Crippen LogP contribution in [0.2, 0.25) is 0 Å². The summed E-state index contributed by atoms with van der Waals surface area (Å²) in [6.07, 6.45) is 1.79. The predicted molar refractivity (Wildman–Crippen MR) is 46.9 cm³/mol. The second-order valence-electron chi connectivity index (χ2n) is 2.65. The molecule has 0 bridgehead atoms. The fraction of sp³-hybridized carbons (Fsp3) is 0.200. The van der Waals surface area contributed by atoms with Gasteiger partial charge in [0.1, 0.15) is 12.4 Å². The highest BCUT2D eigenvalue weighted by Crippen LogP contribution is 2.19. The third-order valence-electron chi connectivity index (χ3n) is 1.69. The maximum atomic E-state index is 5.37. The summed E-state index contributed by atoms with van der Waals surface area (Å²) in [6, 6.07) is 7.76. The molecule has 0 saturated carbocycles. The van der Waals surface area contributed by atoms with E-state index in [2.05, 4.69) is 6.58 Å². The summed E-state index contributed by atoms with van der Waals surface area (Å²) in [5.74, 6) is 0.850. The molecule has 2 rings (SSSR count). The van der Waals surface area contributed by atoms with Gasteiger partial charge in [-0.05, 0) is 17.7 Å². The Labute approximate surface area is 71.4 Å². The molecule has 1 aliphatic heterocycles. The van der Waals surface area contributed by atoms with Crippen molar-refractivity contribution in [3.63, 3.8) is 0 Å². The molecule has 1 aromatic rings. The molecular formula is C10H10O2. The Hall–Kier alpha value is -1.28. The summed E-state index contributed by atoms with van der Waals surface area (Å²) in [5, 5.41) is 0. The van der Waals surface area contributed by atoms with E-state index < -0.39 is 0 Å². The van der Waals surface area contributed by atoms with Crippen LogP contribution in [0.1, 0.15) is 5.56 Å². The van der Waals surface area contributed by atoms with Gasteiger partial charge in [0.2, 0.25) is 6.29 Å². The van der Waals surface area contributed by atoms with Gasteiger partial charge in [-0.15, -0.1) is 0 Å². The Balaban J connectivity index is 2.07. The molecule has 1 aromatic carbocycles. The van der Waals surface area contributed by atoms with E-state index >= 15 is 0 Å². The summed E-state index contributed by atoms with van der Waals surface area (Å²) in [5.41, 5.74) is 1.10. The first kappa shape index (κ1) is 7.37. The first-order valence-corrected chi connectivity index (χ1v) is 3.89. The molecule has 2 nitrogen and oxygen atoms in total. The Morgan fingerprint density at radius 3 is 2.58 bits per heavy atom. The average molecular weight is 162 g/mol. The fourth-order valence-electron chi connectivity index (χ4n) is 0.942. The molecule has 0 N–H and O–H groups in total. The predicted octanol–water partition coefficient (Wildman–Crippen LogP) is 2.06. The molecule has 62 valence electrons. The molecule has 1 aliphatic rings. The molecule has 1 fully saturated rings. The normalized spacial score (nSPS) is 20.2. The van der Waals surface area contributed by atoms with Crippen molar-refractivity contribution in [2.45, 2.75) is 6.29 Å². The molecule has 1 heterocycles. The van der Waals surface area contributed by atoms with Crippen LogP contribution in [-0.4, -0.2) is 12.9 Å². The van der Waals surface area contributed by atoms with Crippen LogP contribution in [0.25, 0.3) is 6.08 Å². The standard InChI is InChI=1S/C10H10O2/c1-2-8-3-5-9(6-4-8)12-10-7-11-10/h2-6,10H,1,7H2. The smallest absolute Gasteiger partial charge is 0.223 e. The van der Waals surface area contributed by atoms with Gasteiger partial charge in [-0.1, -0.05) is 24.8 Å². The van der Waals surface area contributed by atoms with Gasteiger partial charge in [0, 0.05) is 0 Å². The van der Waals surface area contributed by atoms with E-state index in [0.29, 0.717) is 6.61 Å². The lowest BCUT2D eigenvalue weighted by molar-refractivity contribution is 0.179. The monoisotopic (exact) mass is 162 g/mol. The minimum absolute atomic E-state index is 0.0143. The SMILES string of the molecule is C=Cc1ccc(OC2CO2)cc1. The number of hydrogen-bond donors (Lipinski definition) is 0. The summed E-state index contributed by atoms with van der Waals surface area (Å²) in [6.45, 7) is 4.38. The molecule has 0 spiro atoms. The van der Waals surface area contributed by atoms with E-state index in [0.717, 1.165) is 11.3 Å². The van der Waals surface area contributed by atoms with Crippen molar-refractivity contribution in [1.29, 1.82) is 0 Å². The average Bonchev–Trinajstić information content (AvgIpc) is 2.90. The van der Waals surface area contributed by atoms with Crippen LogP contribution in [0.3, 0.4) is 0 Å². The summed E-state index contributed by atoms with van der Waals surface area (Å²) < 4.78 is 10.3. The van der Waals surface area contributed by atoms with Crippen LogP contribution in [0.15, 0.2) is 30.8 Å². The van der Waals surface area contributed by atoms with E-state index in [1.807, 2.05) is 24.3 Å². The van der Waals surface area contributed by atoms with Crippen LogP contribution >= 0.6 is 0 Å². The first-order valence-electron chi connectivity index (χ1n) is 3.89. The summed E-state index contributed by atoms with van der Waals surface area (Å²) >= 11 is 0. The van der Waals surface area contributed by atoms with Gasteiger partial charge in [0.25, 0.3) is 0 Å². The van der Waals surface area contributed by atoms with Gasteiger partial charge < -0.3 is 9.47 Å². The molecule has 1 saturated heterocycles. The summed E-state index contributed by atoms with van der Waals surface area (Å²) in [4.78, 5) is 0. The first-order chi connectivity index (χ1) is 5.88. The van der Waals surface area contributed by atoms with Gasteiger partial charge in [-0.3, -0.25) is 0 Å². The van der Waals surface area contributed by atoms with Crippen LogP contribution in [0.4, 0.5) is 0 Å². The molecule has 0 aromatic heterocycles. The highest BCUT2D eigenvalue weighted by atomic mass is 16.8. The van der Waals surface area contributed by atoms with Gasteiger partial charge in [-0.25, -0.2) is 0 Å². The molecule has 0 aliphatic carbocycles. The zero-order valence-electron chi connectivity index (χ0n) is 6.69. The van der Waals surface area contributed by atoms with Crippen LogP contribution in [-0.2, 0) is 4.74 Å². The number of ether oxygens (including phenoxy) is 2. The van der Waals surface area contributed by atoms with E-state index in [1.165, 1.54) is 0 Å². The van der Waals surface area contributed by atoms with Crippen molar-refractivity contribution in [3.8, 4) is 5.75 Å². The minimum Gasteiger partial charge on any atom is -0.462 e. The van der Waals surface area contributed by atoms with Gasteiger partial charge >= 0.3 is 0 Å². The van der Waals surface area contributed by atoms with E-state index in [1.54, 1.807) is 6.08 Å². The quantitative estimate of drug-likeness (QED) is 0.634. The number of rotatable bonds is 3. The zero-order chi connectivity index (χ0) is 8.39. The van der Waals surface area contributed by atoms with E-state index in [9.17, 15) is 0 Å². The topological polar surface area (TPSA) is 21.8 Å². The third-order valence-corrected chi connectivity index (χ3v) is 1.69. The van der Waals surface area contributed by atoms with Crippen molar-refractivity contribution >= 4 is 6.08 Å². The second-order valence-corrected chi connectivity index (χ2v) is 2.65. The fourth-order valence-corrected chi connectivity index (χ4v) is 0.942. The largest absolute Gasteiger partial charge is 0.462 e. The molecule has 1 unspecified atom stereocenters. The lowest BCUT2D eigenvalue weighted by atomic mass is 10.2. The molecule has 0 radical (unpaired) electrons. The van der Waals surface area contributed by atoms with E-state index in [-0.39, 0.29) is 6.29 Å². The molecule has 0 amide bonds. The Morgan fingerprint density at radius 2 is 2.08 bits per heavy atom. The minimum atomic E-state index is -0.0143. The lowest BCUT2D eigenvalue weighted by Crippen LogP contribution is -1.96. The van der Waals surface area contributed by atoms with Gasteiger partial charge in [0.05, 0.1) is 0 Å². The maximum absolute atomic E-state index is 5.37. The van der Waals surface area contributed by atoms with Crippen molar-refractivity contribution in [2.24, 2.45) is 0 Å². The third kappa shape index (κ3) is 1.66. The van der Waals surface area contributed by atoms with Gasteiger partial charge in [0.15, 0.2) is 0 Å². The number of epoxide rings is 1. The summed E-state index contributed by atoms with van der Waals surface area (Å²) in [7, 11) is 0. The van der Waals surface area contributed by atoms with Crippen LogP contribution in [0.5, 0.6) is 5.75 Å². The Kier molecular flexibility index (Phi) is 1.84. The second kappa shape index (κ2) is 2.99. The molecule has 2 heteroatoms. The van der Waals surface area contributed by atoms with Crippen molar-refractivity contribution in [3.05, 3.63) is 36.4 Å². The van der Waals surface area contributed by atoms with Gasteiger partial charge in [-0.2, -0.15) is 0 Å². The van der Waals surface area contributed by atoms with Crippen molar-refractivity contribution in [2.75, 3.05) is 6.61 Å². The van der Waals surface area contributed by atoms with Crippen molar-refractivity contribution < 1.29 is 9.47 Å². The lowest BCUT2D eigenvalue weighted by Gasteiger charge is -2.01. The highest BCUT2D eigenvalue weighted by molar-refractivity contribution is 5.48. The number of hydrogen-bond acceptors (Lipinski definition) is 2.